The second kappa shape index (κ2) is 5.12. The van der Waals surface area contributed by atoms with E-state index in [-0.39, 0.29) is 0 Å². The number of rotatable bonds is 5. The van der Waals surface area contributed by atoms with Crippen LogP contribution in [-0.2, 0) is 6.54 Å². The SMILES string of the molecule is COc1ccc(-c2ccsc2)c(CNC2CC2)c1. The summed E-state index contributed by atoms with van der Waals surface area (Å²) in [5.41, 5.74) is 3.93. The topological polar surface area (TPSA) is 21.3 Å². The summed E-state index contributed by atoms with van der Waals surface area (Å²) in [4.78, 5) is 0. The third kappa shape index (κ3) is 2.57. The number of hydrogen-bond donors (Lipinski definition) is 1. The predicted molar refractivity (Wildman–Crippen MR) is 76.2 cm³/mol. The highest BCUT2D eigenvalue weighted by Gasteiger charge is 2.20. The normalized spacial score (nSPS) is 14.7. The van der Waals surface area contributed by atoms with Crippen LogP contribution in [0.3, 0.4) is 0 Å². The van der Waals surface area contributed by atoms with Crippen molar-refractivity contribution in [1.82, 2.24) is 5.32 Å². The minimum Gasteiger partial charge on any atom is -0.497 e. The predicted octanol–water partition coefficient (Wildman–Crippen LogP) is 3.68. The molecule has 18 heavy (non-hydrogen) atoms. The minimum absolute atomic E-state index is 0.728. The lowest BCUT2D eigenvalue weighted by molar-refractivity contribution is 0.414. The Balaban J connectivity index is 1.90. The van der Waals surface area contributed by atoms with Gasteiger partial charge in [-0.3, -0.25) is 0 Å². The molecule has 3 rings (SSSR count). The van der Waals surface area contributed by atoms with Crippen molar-refractivity contribution in [3.8, 4) is 16.9 Å². The molecule has 1 aromatic heterocycles. The fourth-order valence-electron chi connectivity index (χ4n) is 2.08. The molecule has 0 bridgehead atoms. The Bertz CT molecular complexity index is 517. The van der Waals surface area contributed by atoms with Crippen LogP contribution in [0.25, 0.3) is 11.1 Å². The quantitative estimate of drug-likeness (QED) is 0.884. The molecule has 3 heteroatoms. The molecule has 1 N–H and O–H groups in total. The van der Waals surface area contributed by atoms with Gasteiger partial charge in [0, 0.05) is 12.6 Å². The first-order valence-corrected chi connectivity index (χ1v) is 7.24. The number of nitrogens with one attached hydrogen (secondary N) is 1. The molecule has 0 atom stereocenters. The van der Waals surface area contributed by atoms with Gasteiger partial charge in [0.15, 0.2) is 0 Å². The third-order valence-corrected chi connectivity index (χ3v) is 3.99. The number of ether oxygens (including phenoxy) is 1. The Morgan fingerprint density at radius 1 is 1.33 bits per heavy atom. The monoisotopic (exact) mass is 259 g/mol. The van der Waals surface area contributed by atoms with Gasteiger partial charge in [-0.2, -0.15) is 11.3 Å². The Labute approximate surface area is 112 Å². The number of methoxy groups -OCH3 is 1. The van der Waals surface area contributed by atoms with E-state index >= 15 is 0 Å². The van der Waals surface area contributed by atoms with Gasteiger partial charge in [-0.25, -0.2) is 0 Å². The van der Waals surface area contributed by atoms with Crippen molar-refractivity contribution in [2.75, 3.05) is 7.11 Å². The smallest absolute Gasteiger partial charge is 0.119 e. The largest absolute Gasteiger partial charge is 0.497 e. The third-order valence-electron chi connectivity index (χ3n) is 3.30. The van der Waals surface area contributed by atoms with Gasteiger partial charge in [-0.05, 0) is 58.5 Å². The van der Waals surface area contributed by atoms with Crippen LogP contribution in [0, 0.1) is 0 Å². The molecule has 0 aliphatic heterocycles. The standard InChI is InChI=1S/C15H17NOS/c1-17-14-4-5-15(11-6-7-18-10-11)12(8-14)9-16-13-2-3-13/h4-8,10,13,16H,2-3,9H2,1H3. The van der Waals surface area contributed by atoms with E-state index < -0.39 is 0 Å². The van der Waals surface area contributed by atoms with Crippen molar-refractivity contribution in [3.63, 3.8) is 0 Å². The van der Waals surface area contributed by atoms with E-state index in [0.29, 0.717) is 0 Å². The zero-order valence-electron chi connectivity index (χ0n) is 10.5. The molecule has 1 saturated carbocycles. The molecule has 1 aliphatic rings. The zero-order chi connectivity index (χ0) is 12.4. The van der Waals surface area contributed by atoms with Crippen molar-refractivity contribution < 1.29 is 4.74 Å². The summed E-state index contributed by atoms with van der Waals surface area (Å²) in [6, 6.07) is 9.24. The molecule has 94 valence electrons. The van der Waals surface area contributed by atoms with Crippen molar-refractivity contribution in [2.24, 2.45) is 0 Å². The average Bonchev–Trinajstić information content (AvgIpc) is 3.08. The molecule has 1 heterocycles. The number of hydrogen-bond acceptors (Lipinski definition) is 3. The lowest BCUT2D eigenvalue weighted by Gasteiger charge is -2.11. The molecule has 1 fully saturated rings. The maximum absolute atomic E-state index is 5.32. The van der Waals surface area contributed by atoms with E-state index in [1.807, 2.05) is 6.07 Å². The van der Waals surface area contributed by atoms with Gasteiger partial charge < -0.3 is 10.1 Å². The average molecular weight is 259 g/mol. The van der Waals surface area contributed by atoms with Crippen LogP contribution in [0.15, 0.2) is 35.0 Å². The Morgan fingerprint density at radius 2 is 2.22 bits per heavy atom. The molecule has 0 saturated heterocycles. The Hall–Kier alpha value is -1.32. The molecule has 1 aliphatic carbocycles. The summed E-state index contributed by atoms with van der Waals surface area (Å²) in [5.74, 6) is 0.932. The first kappa shape index (κ1) is 11.8. The summed E-state index contributed by atoms with van der Waals surface area (Å²) in [6.07, 6.45) is 2.63. The maximum Gasteiger partial charge on any atom is 0.119 e. The molecule has 2 aromatic rings. The van der Waals surface area contributed by atoms with E-state index in [4.69, 9.17) is 4.74 Å². The lowest BCUT2D eigenvalue weighted by Crippen LogP contribution is -2.15. The van der Waals surface area contributed by atoms with Crippen molar-refractivity contribution in [2.45, 2.75) is 25.4 Å². The highest BCUT2D eigenvalue weighted by Crippen LogP contribution is 2.30. The fraction of sp³-hybridized carbons (Fsp3) is 0.333. The van der Waals surface area contributed by atoms with Crippen LogP contribution in [0.2, 0.25) is 0 Å². The van der Waals surface area contributed by atoms with Crippen LogP contribution >= 0.6 is 11.3 Å². The summed E-state index contributed by atoms with van der Waals surface area (Å²) < 4.78 is 5.32. The van der Waals surface area contributed by atoms with Crippen LogP contribution in [0.5, 0.6) is 5.75 Å². The van der Waals surface area contributed by atoms with Gasteiger partial charge in [-0.1, -0.05) is 6.07 Å². The van der Waals surface area contributed by atoms with Crippen molar-refractivity contribution in [3.05, 3.63) is 40.6 Å². The van der Waals surface area contributed by atoms with Gasteiger partial charge in [0.05, 0.1) is 7.11 Å². The van der Waals surface area contributed by atoms with Gasteiger partial charge in [0.25, 0.3) is 0 Å². The Morgan fingerprint density at radius 3 is 2.89 bits per heavy atom. The molecule has 0 unspecified atom stereocenters. The summed E-state index contributed by atoms with van der Waals surface area (Å²) in [5, 5.41) is 7.89. The van der Waals surface area contributed by atoms with Gasteiger partial charge >= 0.3 is 0 Å². The highest BCUT2D eigenvalue weighted by atomic mass is 32.1. The van der Waals surface area contributed by atoms with Gasteiger partial charge in [0.2, 0.25) is 0 Å². The first-order chi connectivity index (χ1) is 8.86. The minimum atomic E-state index is 0.728. The molecule has 0 radical (unpaired) electrons. The molecule has 1 aromatic carbocycles. The summed E-state index contributed by atoms with van der Waals surface area (Å²) in [7, 11) is 1.72. The van der Waals surface area contributed by atoms with Crippen LogP contribution < -0.4 is 10.1 Å². The van der Waals surface area contributed by atoms with Crippen LogP contribution in [0.4, 0.5) is 0 Å². The molecular formula is C15H17NOS. The lowest BCUT2D eigenvalue weighted by atomic mass is 10.0. The van der Waals surface area contributed by atoms with E-state index in [9.17, 15) is 0 Å². The number of thiophene rings is 1. The second-order valence-electron chi connectivity index (χ2n) is 4.69. The number of benzene rings is 1. The van der Waals surface area contributed by atoms with Crippen molar-refractivity contribution in [1.29, 1.82) is 0 Å². The molecule has 0 amide bonds. The molecule has 2 nitrogen and oxygen atoms in total. The zero-order valence-corrected chi connectivity index (χ0v) is 11.3. The van der Waals surface area contributed by atoms with E-state index in [0.717, 1.165) is 18.3 Å². The van der Waals surface area contributed by atoms with Gasteiger partial charge in [0.1, 0.15) is 5.75 Å². The Kier molecular flexibility index (Phi) is 3.35. The summed E-state index contributed by atoms with van der Waals surface area (Å²) >= 11 is 1.74. The first-order valence-electron chi connectivity index (χ1n) is 6.29. The van der Waals surface area contributed by atoms with Crippen LogP contribution in [-0.4, -0.2) is 13.2 Å². The fourth-order valence-corrected chi connectivity index (χ4v) is 2.74. The molecular weight excluding hydrogens is 242 g/mol. The second-order valence-corrected chi connectivity index (χ2v) is 5.47. The van der Waals surface area contributed by atoms with E-state index in [1.54, 1.807) is 18.4 Å². The van der Waals surface area contributed by atoms with Gasteiger partial charge in [-0.15, -0.1) is 0 Å². The molecule has 0 spiro atoms. The van der Waals surface area contributed by atoms with E-state index in [2.05, 4.69) is 34.3 Å². The summed E-state index contributed by atoms with van der Waals surface area (Å²) in [6.45, 7) is 0.924. The highest BCUT2D eigenvalue weighted by molar-refractivity contribution is 7.08. The maximum atomic E-state index is 5.32. The van der Waals surface area contributed by atoms with Crippen molar-refractivity contribution >= 4 is 11.3 Å². The van der Waals surface area contributed by atoms with Crippen LogP contribution in [0.1, 0.15) is 18.4 Å². The van der Waals surface area contributed by atoms with E-state index in [1.165, 1.54) is 29.5 Å².